The highest BCUT2D eigenvalue weighted by Crippen LogP contribution is 2.30. The van der Waals surface area contributed by atoms with Gasteiger partial charge in [-0.2, -0.15) is 0 Å². The number of rotatable bonds is 7. The number of fused-ring (bicyclic) bond motifs is 1. The molecule has 1 aromatic carbocycles. The van der Waals surface area contributed by atoms with Crippen LogP contribution in [0, 0.1) is 0 Å². The first kappa shape index (κ1) is 21.0. The summed E-state index contributed by atoms with van der Waals surface area (Å²) in [6.45, 7) is 5.99. The molecule has 0 saturated carbocycles. The average molecular weight is 469 g/mol. The monoisotopic (exact) mass is 468 g/mol. The maximum absolute atomic E-state index is 4.91. The number of nitrogens with one attached hydrogen (secondary N) is 2. The van der Waals surface area contributed by atoms with E-state index in [1.807, 2.05) is 12.3 Å². The molecule has 2 N–H and O–H groups in total. The number of aromatic nitrogens is 2. The van der Waals surface area contributed by atoms with Gasteiger partial charge in [0.15, 0.2) is 0 Å². The van der Waals surface area contributed by atoms with Crippen LogP contribution >= 0.6 is 15.9 Å². The van der Waals surface area contributed by atoms with Crippen molar-refractivity contribution in [2.75, 3.05) is 63.6 Å². The number of anilines is 2. The van der Waals surface area contributed by atoms with E-state index in [2.05, 4.69) is 80.8 Å². The summed E-state index contributed by atoms with van der Waals surface area (Å²) in [5, 5.41) is 8.13. The number of nitrogens with zero attached hydrogens (tertiary/aromatic N) is 4. The lowest BCUT2D eigenvalue weighted by atomic mass is 10.1. The molecule has 0 atom stereocenters. The number of pyridine rings is 2. The van der Waals surface area contributed by atoms with Gasteiger partial charge in [-0.05, 0) is 63.5 Å². The highest BCUT2D eigenvalue weighted by atomic mass is 79.9. The van der Waals surface area contributed by atoms with E-state index in [-0.39, 0.29) is 0 Å². The Morgan fingerprint density at radius 2 is 1.97 bits per heavy atom. The minimum atomic E-state index is 0.920. The normalized spacial score (nSPS) is 14.5. The Bertz CT molecular complexity index is 983. The summed E-state index contributed by atoms with van der Waals surface area (Å²) in [7, 11) is 4.21. The maximum atomic E-state index is 4.91. The quantitative estimate of drug-likeness (QED) is 0.513. The lowest BCUT2D eigenvalue weighted by molar-refractivity contribution is 0.405. The zero-order valence-electron chi connectivity index (χ0n) is 17.7. The SMILES string of the molecule is CN(C)CCCNc1cc(-c2ccc(N3CCNCC3)nc2)nc2ccc(Br)cc12. The van der Waals surface area contributed by atoms with Gasteiger partial charge < -0.3 is 20.4 Å². The van der Waals surface area contributed by atoms with Crippen LogP contribution < -0.4 is 15.5 Å². The van der Waals surface area contributed by atoms with E-state index in [1.54, 1.807) is 0 Å². The summed E-state index contributed by atoms with van der Waals surface area (Å²) in [5.41, 5.74) is 4.08. The van der Waals surface area contributed by atoms with Crippen LogP contribution in [0.15, 0.2) is 47.1 Å². The molecule has 0 amide bonds. The molecule has 3 heterocycles. The molecule has 158 valence electrons. The molecule has 30 heavy (non-hydrogen) atoms. The van der Waals surface area contributed by atoms with Crippen molar-refractivity contribution in [3.63, 3.8) is 0 Å². The molecule has 1 fully saturated rings. The summed E-state index contributed by atoms with van der Waals surface area (Å²) in [6.07, 6.45) is 3.03. The number of halogens is 1. The number of piperazine rings is 1. The predicted octanol–water partition coefficient (Wildman–Crippen LogP) is 3.83. The molecule has 7 heteroatoms. The molecule has 2 aromatic heterocycles. The third kappa shape index (κ3) is 5.09. The Hall–Kier alpha value is -2.22. The summed E-state index contributed by atoms with van der Waals surface area (Å²) >= 11 is 3.60. The highest BCUT2D eigenvalue weighted by Gasteiger charge is 2.13. The minimum Gasteiger partial charge on any atom is -0.384 e. The van der Waals surface area contributed by atoms with E-state index < -0.39 is 0 Å². The molecule has 0 unspecified atom stereocenters. The first-order chi connectivity index (χ1) is 14.6. The second-order valence-electron chi connectivity index (χ2n) is 7.94. The van der Waals surface area contributed by atoms with Crippen molar-refractivity contribution >= 4 is 38.3 Å². The standard InChI is InChI=1S/C23H29BrN6/c1-29(2)11-3-8-26-22-15-21(28-20-6-5-18(24)14-19(20)22)17-4-7-23(27-16-17)30-12-9-25-10-13-30/h4-7,14-16,25H,3,8-13H2,1-2H3,(H,26,28). The van der Waals surface area contributed by atoms with Crippen molar-refractivity contribution in [2.24, 2.45) is 0 Å². The van der Waals surface area contributed by atoms with Crippen molar-refractivity contribution in [3.8, 4) is 11.3 Å². The van der Waals surface area contributed by atoms with Crippen molar-refractivity contribution in [1.29, 1.82) is 0 Å². The molecule has 0 aliphatic carbocycles. The van der Waals surface area contributed by atoms with Crippen molar-refractivity contribution < 1.29 is 0 Å². The maximum Gasteiger partial charge on any atom is 0.128 e. The Labute approximate surface area is 186 Å². The van der Waals surface area contributed by atoms with Gasteiger partial charge in [-0.1, -0.05) is 15.9 Å². The summed E-state index contributed by atoms with van der Waals surface area (Å²) in [6, 6.07) is 12.6. The van der Waals surface area contributed by atoms with E-state index in [0.29, 0.717) is 0 Å². The van der Waals surface area contributed by atoms with Gasteiger partial charge in [0, 0.05) is 60.0 Å². The van der Waals surface area contributed by atoms with Gasteiger partial charge >= 0.3 is 0 Å². The fourth-order valence-corrected chi connectivity index (χ4v) is 4.09. The molecule has 4 rings (SSSR count). The summed E-state index contributed by atoms with van der Waals surface area (Å²) in [5.74, 6) is 1.03. The lowest BCUT2D eigenvalue weighted by Gasteiger charge is -2.28. The summed E-state index contributed by atoms with van der Waals surface area (Å²) < 4.78 is 1.06. The molecular weight excluding hydrogens is 440 g/mol. The average Bonchev–Trinajstić information content (AvgIpc) is 2.77. The van der Waals surface area contributed by atoms with Gasteiger partial charge in [0.05, 0.1) is 11.2 Å². The third-order valence-electron chi connectivity index (χ3n) is 5.35. The first-order valence-electron chi connectivity index (χ1n) is 10.5. The molecule has 0 radical (unpaired) electrons. The smallest absolute Gasteiger partial charge is 0.128 e. The Morgan fingerprint density at radius 1 is 1.13 bits per heavy atom. The van der Waals surface area contributed by atoms with Crippen LogP contribution in [-0.2, 0) is 0 Å². The van der Waals surface area contributed by atoms with Crippen molar-refractivity contribution in [1.82, 2.24) is 20.2 Å². The predicted molar refractivity (Wildman–Crippen MR) is 129 cm³/mol. The Balaban J connectivity index is 1.60. The molecule has 3 aromatic rings. The minimum absolute atomic E-state index is 0.920. The number of hydrogen-bond donors (Lipinski definition) is 2. The largest absolute Gasteiger partial charge is 0.384 e. The fraction of sp³-hybridized carbons (Fsp3) is 0.391. The second kappa shape index (κ2) is 9.73. The van der Waals surface area contributed by atoms with Crippen LogP contribution in [0.5, 0.6) is 0 Å². The Morgan fingerprint density at radius 3 is 2.70 bits per heavy atom. The zero-order chi connectivity index (χ0) is 20.9. The van der Waals surface area contributed by atoms with Crippen LogP contribution in [0.3, 0.4) is 0 Å². The van der Waals surface area contributed by atoms with Crippen LogP contribution in [0.25, 0.3) is 22.2 Å². The first-order valence-corrected chi connectivity index (χ1v) is 11.3. The van der Waals surface area contributed by atoms with Crippen LogP contribution in [0.4, 0.5) is 11.5 Å². The number of hydrogen-bond acceptors (Lipinski definition) is 6. The summed E-state index contributed by atoms with van der Waals surface area (Å²) in [4.78, 5) is 14.2. The lowest BCUT2D eigenvalue weighted by Crippen LogP contribution is -2.43. The highest BCUT2D eigenvalue weighted by molar-refractivity contribution is 9.10. The molecular formula is C23H29BrN6. The topological polar surface area (TPSA) is 56.3 Å². The van der Waals surface area contributed by atoms with Gasteiger partial charge in [0.2, 0.25) is 0 Å². The molecule has 1 saturated heterocycles. The van der Waals surface area contributed by atoms with E-state index in [4.69, 9.17) is 9.97 Å². The van der Waals surface area contributed by atoms with Gasteiger partial charge in [-0.3, -0.25) is 0 Å². The molecule has 1 aliphatic rings. The third-order valence-corrected chi connectivity index (χ3v) is 5.85. The molecule has 6 nitrogen and oxygen atoms in total. The van der Waals surface area contributed by atoms with Gasteiger partial charge in [-0.15, -0.1) is 0 Å². The van der Waals surface area contributed by atoms with Crippen molar-refractivity contribution in [3.05, 3.63) is 47.1 Å². The van der Waals surface area contributed by atoms with E-state index in [1.165, 1.54) is 0 Å². The molecule has 1 aliphatic heterocycles. The van der Waals surface area contributed by atoms with E-state index >= 15 is 0 Å². The van der Waals surface area contributed by atoms with Crippen LogP contribution in [0.1, 0.15) is 6.42 Å². The number of benzene rings is 1. The van der Waals surface area contributed by atoms with E-state index in [9.17, 15) is 0 Å². The second-order valence-corrected chi connectivity index (χ2v) is 8.86. The van der Waals surface area contributed by atoms with Gasteiger partial charge in [0.25, 0.3) is 0 Å². The zero-order valence-corrected chi connectivity index (χ0v) is 19.2. The van der Waals surface area contributed by atoms with Crippen molar-refractivity contribution in [2.45, 2.75) is 6.42 Å². The molecule has 0 bridgehead atoms. The van der Waals surface area contributed by atoms with E-state index in [0.717, 1.165) is 83.8 Å². The van der Waals surface area contributed by atoms with Gasteiger partial charge in [0.1, 0.15) is 5.82 Å². The fourth-order valence-electron chi connectivity index (χ4n) is 3.73. The van der Waals surface area contributed by atoms with Crippen LogP contribution in [0.2, 0.25) is 0 Å². The van der Waals surface area contributed by atoms with Crippen LogP contribution in [-0.4, -0.2) is 68.2 Å². The molecule has 0 spiro atoms. The Kier molecular flexibility index (Phi) is 6.82. The van der Waals surface area contributed by atoms with Gasteiger partial charge in [-0.25, -0.2) is 9.97 Å².